The number of nitrogens with one attached hydrogen (secondary N) is 1. The number of esters is 1. The summed E-state index contributed by atoms with van der Waals surface area (Å²) in [5.74, 6) is -0.401. The largest absolute Gasteiger partial charge is 0.467 e. The van der Waals surface area contributed by atoms with Crippen molar-refractivity contribution in [3.63, 3.8) is 0 Å². The van der Waals surface area contributed by atoms with E-state index in [2.05, 4.69) is 5.32 Å². The predicted molar refractivity (Wildman–Crippen MR) is 86.6 cm³/mol. The number of amides is 1. The summed E-state index contributed by atoms with van der Waals surface area (Å²) in [6, 6.07) is 10.6. The van der Waals surface area contributed by atoms with E-state index in [-0.39, 0.29) is 6.54 Å². The van der Waals surface area contributed by atoms with Crippen molar-refractivity contribution >= 4 is 29.6 Å². The molecule has 120 valence electrons. The van der Waals surface area contributed by atoms with Crippen LogP contribution in [0.1, 0.15) is 18.2 Å². The van der Waals surface area contributed by atoms with Gasteiger partial charge in [0.1, 0.15) is 5.76 Å². The predicted octanol–water partition coefficient (Wildman–Crippen LogP) is 3.19. The normalized spacial score (nSPS) is 12.1. The molecule has 5 nitrogen and oxygen atoms in total. The van der Waals surface area contributed by atoms with Crippen LogP contribution in [0.5, 0.6) is 0 Å². The number of ether oxygens (including phenoxy) is 1. The topological polar surface area (TPSA) is 68.5 Å². The lowest BCUT2D eigenvalue weighted by Gasteiger charge is -2.11. The second kappa shape index (κ2) is 8.19. The summed E-state index contributed by atoms with van der Waals surface area (Å²) in [6.45, 7) is 1.74. The molecule has 1 aromatic carbocycles. The van der Waals surface area contributed by atoms with Crippen molar-refractivity contribution in [3.05, 3.63) is 65.1 Å². The van der Waals surface area contributed by atoms with Gasteiger partial charge in [0, 0.05) is 11.1 Å². The third-order valence-electron chi connectivity index (χ3n) is 2.98. The second-order valence-electron chi connectivity index (χ2n) is 4.73. The molecule has 0 saturated heterocycles. The highest BCUT2D eigenvalue weighted by atomic mass is 35.5. The lowest BCUT2D eigenvalue weighted by Crippen LogP contribution is -2.35. The molecule has 0 aliphatic carbocycles. The molecule has 1 aromatic heterocycles. The first kappa shape index (κ1) is 16.8. The van der Waals surface area contributed by atoms with Crippen LogP contribution in [-0.4, -0.2) is 18.0 Å². The highest BCUT2D eigenvalue weighted by Gasteiger charge is 2.16. The highest BCUT2D eigenvalue weighted by molar-refractivity contribution is 6.32. The van der Waals surface area contributed by atoms with E-state index in [0.717, 1.165) is 0 Å². The zero-order chi connectivity index (χ0) is 16.7. The minimum Gasteiger partial charge on any atom is -0.467 e. The van der Waals surface area contributed by atoms with E-state index >= 15 is 0 Å². The average molecular weight is 334 g/mol. The summed E-state index contributed by atoms with van der Waals surface area (Å²) in [4.78, 5) is 23.6. The SMILES string of the molecule is C[C@H](OC(=O)/C=C/c1ccccc1Cl)C(=O)NCc1ccco1. The number of carbonyl (C=O) groups excluding carboxylic acids is 2. The van der Waals surface area contributed by atoms with E-state index < -0.39 is 18.0 Å². The molecule has 1 heterocycles. The Morgan fingerprint density at radius 1 is 1.30 bits per heavy atom. The fourth-order valence-corrected chi connectivity index (χ4v) is 1.96. The van der Waals surface area contributed by atoms with E-state index in [0.29, 0.717) is 16.3 Å². The van der Waals surface area contributed by atoms with Crippen LogP contribution in [0.3, 0.4) is 0 Å². The number of hydrogen-bond acceptors (Lipinski definition) is 4. The number of hydrogen-bond donors (Lipinski definition) is 1. The molecule has 1 amide bonds. The van der Waals surface area contributed by atoms with Gasteiger partial charge in [0.15, 0.2) is 6.10 Å². The van der Waals surface area contributed by atoms with Crippen molar-refractivity contribution < 1.29 is 18.7 Å². The summed E-state index contributed by atoms with van der Waals surface area (Å²) >= 11 is 5.98. The minimum atomic E-state index is -0.909. The lowest BCUT2D eigenvalue weighted by molar-refractivity contribution is -0.150. The van der Waals surface area contributed by atoms with Crippen LogP contribution in [0.2, 0.25) is 5.02 Å². The molecular formula is C17H16ClNO4. The van der Waals surface area contributed by atoms with Crippen LogP contribution >= 0.6 is 11.6 Å². The second-order valence-corrected chi connectivity index (χ2v) is 5.14. The lowest BCUT2D eigenvalue weighted by atomic mass is 10.2. The Bertz CT molecular complexity index is 694. The maximum absolute atomic E-state index is 11.8. The van der Waals surface area contributed by atoms with Gasteiger partial charge < -0.3 is 14.5 Å². The van der Waals surface area contributed by atoms with Crippen molar-refractivity contribution in [2.45, 2.75) is 19.6 Å². The van der Waals surface area contributed by atoms with Crippen molar-refractivity contribution in [2.75, 3.05) is 0 Å². The third kappa shape index (κ3) is 5.30. The molecule has 2 aromatic rings. The smallest absolute Gasteiger partial charge is 0.331 e. The van der Waals surface area contributed by atoms with Crippen LogP contribution in [0.25, 0.3) is 6.08 Å². The number of benzene rings is 1. The van der Waals surface area contributed by atoms with Crippen molar-refractivity contribution in [1.29, 1.82) is 0 Å². The number of furan rings is 1. The first-order chi connectivity index (χ1) is 11.1. The van der Waals surface area contributed by atoms with Crippen LogP contribution in [0.15, 0.2) is 53.2 Å². The van der Waals surface area contributed by atoms with Gasteiger partial charge in [-0.15, -0.1) is 0 Å². The molecule has 0 aliphatic rings. The molecule has 0 unspecified atom stereocenters. The zero-order valence-corrected chi connectivity index (χ0v) is 13.2. The Labute approximate surface area is 138 Å². The number of halogens is 1. The molecule has 6 heteroatoms. The molecule has 0 saturated carbocycles. The van der Waals surface area contributed by atoms with Gasteiger partial charge in [-0.25, -0.2) is 4.79 Å². The van der Waals surface area contributed by atoms with Gasteiger partial charge in [-0.2, -0.15) is 0 Å². The van der Waals surface area contributed by atoms with E-state index in [1.165, 1.54) is 25.3 Å². The molecule has 23 heavy (non-hydrogen) atoms. The first-order valence-corrected chi connectivity index (χ1v) is 7.37. The van der Waals surface area contributed by atoms with Gasteiger partial charge in [0.05, 0.1) is 12.8 Å². The highest BCUT2D eigenvalue weighted by Crippen LogP contribution is 2.16. The van der Waals surface area contributed by atoms with E-state index in [1.54, 1.807) is 30.3 Å². The van der Waals surface area contributed by atoms with Gasteiger partial charge in [-0.3, -0.25) is 4.79 Å². The van der Waals surface area contributed by atoms with Crippen LogP contribution in [0.4, 0.5) is 0 Å². The minimum absolute atomic E-state index is 0.239. The Morgan fingerprint density at radius 2 is 2.09 bits per heavy atom. The van der Waals surface area contributed by atoms with Crippen molar-refractivity contribution in [3.8, 4) is 0 Å². The van der Waals surface area contributed by atoms with Crippen molar-refractivity contribution in [2.24, 2.45) is 0 Å². The fourth-order valence-electron chi connectivity index (χ4n) is 1.77. The molecule has 0 fully saturated rings. The molecular weight excluding hydrogens is 318 g/mol. The van der Waals surface area contributed by atoms with Crippen molar-refractivity contribution in [1.82, 2.24) is 5.32 Å². The number of rotatable bonds is 6. The molecule has 1 atom stereocenters. The molecule has 1 N–H and O–H groups in total. The summed E-state index contributed by atoms with van der Waals surface area (Å²) in [6.07, 6.45) is 3.38. The van der Waals surface area contributed by atoms with Gasteiger partial charge >= 0.3 is 5.97 Å². The summed E-state index contributed by atoms with van der Waals surface area (Å²) in [5.41, 5.74) is 0.695. The van der Waals surface area contributed by atoms with E-state index in [9.17, 15) is 9.59 Å². The molecule has 2 rings (SSSR count). The van der Waals surface area contributed by atoms with Gasteiger partial charge in [-0.1, -0.05) is 29.8 Å². The van der Waals surface area contributed by atoms with Gasteiger partial charge in [-0.05, 0) is 36.8 Å². The molecule has 0 radical (unpaired) electrons. The van der Waals surface area contributed by atoms with Crippen LogP contribution in [-0.2, 0) is 20.9 Å². The Balaban J connectivity index is 1.82. The number of carbonyl (C=O) groups is 2. The molecule has 0 spiro atoms. The summed E-state index contributed by atoms with van der Waals surface area (Å²) < 4.78 is 10.1. The molecule has 0 bridgehead atoms. The standard InChI is InChI=1S/C17H16ClNO4/c1-12(17(21)19-11-14-6-4-10-22-14)23-16(20)9-8-13-5-2-3-7-15(13)18/h2-10,12H,11H2,1H3,(H,19,21)/b9-8+/t12-/m0/s1. The maximum atomic E-state index is 11.8. The Hall–Kier alpha value is -2.53. The van der Waals surface area contributed by atoms with E-state index in [1.807, 2.05) is 6.07 Å². The monoisotopic (exact) mass is 333 g/mol. The first-order valence-electron chi connectivity index (χ1n) is 6.99. The van der Waals surface area contributed by atoms with Crippen LogP contribution in [0, 0.1) is 0 Å². The van der Waals surface area contributed by atoms with E-state index in [4.69, 9.17) is 20.8 Å². The molecule has 0 aliphatic heterocycles. The summed E-state index contributed by atoms with van der Waals surface area (Å²) in [5, 5.41) is 3.15. The Kier molecular flexibility index (Phi) is 6.00. The average Bonchev–Trinajstić information content (AvgIpc) is 3.05. The third-order valence-corrected chi connectivity index (χ3v) is 3.33. The zero-order valence-electron chi connectivity index (χ0n) is 12.5. The van der Waals surface area contributed by atoms with Gasteiger partial charge in [0.2, 0.25) is 0 Å². The Morgan fingerprint density at radius 3 is 2.78 bits per heavy atom. The summed E-state index contributed by atoms with van der Waals surface area (Å²) in [7, 11) is 0. The quantitative estimate of drug-likeness (QED) is 0.651. The fraction of sp³-hybridized carbons (Fsp3) is 0.176. The maximum Gasteiger partial charge on any atom is 0.331 e. The van der Waals surface area contributed by atoms with Crippen LogP contribution < -0.4 is 5.32 Å². The van der Waals surface area contributed by atoms with Gasteiger partial charge in [0.25, 0.3) is 5.91 Å².